The Balaban J connectivity index is 4.19. The fourth-order valence-corrected chi connectivity index (χ4v) is 13.7. The summed E-state index contributed by atoms with van der Waals surface area (Å²) in [7, 11) is -2.42. The third-order valence-corrected chi connectivity index (χ3v) is 18.4. The lowest BCUT2D eigenvalue weighted by atomic mass is 10.9. The minimum atomic E-state index is -1.69. The lowest BCUT2D eigenvalue weighted by Crippen LogP contribution is -2.49. The molecule has 0 rings (SSSR count). The molecule has 0 amide bonds. The quantitative estimate of drug-likeness (QED) is 0.660. The van der Waals surface area contributed by atoms with Gasteiger partial charge in [-0.3, -0.25) is 0 Å². The maximum atomic E-state index is 10.3. The van der Waals surface area contributed by atoms with Crippen LogP contribution in [-0.2, 0) is 0 Å². The average Bonchev–Trinajstić information content (AvgIpc) is 2.06. The molecule has 1 nitrogen and oxygen atoms in total. The Labute approximate surface area is 73.4 Å². The number of hydrogen-bond donors (Lipinski definition) is 1. The van der Waals surface area contributed by atoms with E-state index in [4.69, 9.17) is 0 Å². The summed E-state index contributed by atoms with van der Waals surface area (Å²) >= 11 is 0. The Morgan fingerprint density at radius 1 is 1.00 bits per heavy atom. The van der Waals surface area contributed by atoms with Gasteiger partial charge in [0, 0.05) is 0 Å². The highest BCUT2D eigenvalue weighted by Gasteiger charge is 2.34. The van der Waals surface area contributed by atoms with Crippen molar-refractivity contribution in [3.8, 4) is 0 Å². The van der Waals surface area contributed by atoms with Gasteiger partial charge >= 0.3 is 0 Å². The van der Waals surface area contributed by atoms with Crippen LogP contribution in [0, 0.1) is 0 Å². The zero-order chi connectivity index (χ0) is 8.91. The van der Waals surface area contributed by atoms with Gasteiger partial charge in [0.25, 0.3) is 0 Å². The van der Waals surface area contributed by atoms with Gasteiger partial charge in [0.15, 0.2) is 7.83 Å². The zero-order valence-corrected chi connectivity index (χ0v) is 10.5. The summed E-state index contributed by atoms with van der Waals surface area (Å²) < 4.78 is 0. The van der Waals surface area contributed by atoms with Crippen molar-refractivity contribution in [3.05, 3.63) is 0 Å². The zero-order valence-electron chi connectivity index (χ0n) is 8.35. The van der Waals surface area contributed by atoms with Crippen LogP contribution in [0.3, 0.4) is 0 Å². The summed E-state index contributed by atoms with van der Waals surface area (Å²) in [6.07, 6.45) is 0. The van der Waals surface area contributed by atoms with Crippen LogP contribution in [0.15, 0.2) is 0 Å². The normalized spacial score (nSPS) is 12.5. The molecule has 0 unspecified atom stereocenters. The van der Waals surface area contributed by atoms with E-state index in [0.29, 0.717) is 0 Å². The Morgan fingerprint density at radius 2 is 1.36 bits per heavy atom. The van der Waals surface area contributed by atoms with E-state index in [2.05, 4.69) is 27.7 Å². The highest BCUT2D eigenvalue weighted by atomic mass is 29.2. The monoisotopic (exact) mass is 190 g/mol. The minimum absolute atomic E-state index is 0.728. The molecular weight excluding hydrogens is 168 g/mol. The standard InChI is InChI=1S/C8H22OSi2/c1-5-10(6-2)11(9,7-3)8-4/h9-10H,5-8H2,1-4H3. The van der Waals surface area contributed by atoms with E-state index in [-0.39, 0.29) is 0 Å². The van der Waals surface area contributed by atoms with Gasteiger partial charge in [-0.05, 0) is 12.1 Å². The summed E-state index contributed by atoms with van der Waals surface area (Å²) in [5.74, 6) is 0. The third-order valence-electron chi connectivity index (χ3n) is 2.97. The number of hydrogen-bond acceptors (Lipinski definition) is 1. The van der Waals surface area contributed by atoms with Gasteiger partial charge in [0.2, 0.25) is 0 Å². The highest BCUT2D eigenvalue weighted by Crippen LogP contribution is 2.19. The van der Waals surface area contributed by atoms with Crippen LogP contribution < -0.4 is 0 Å². The molecule has 0 aromatic carbocycles. The van der Waals surface area contributed by atoms with Crippen molar-refractivity contribution in [2.75, 3.05) is 0 Å². The molecule has 11 heavy (non-hydrogen) atoms. The fraction of sp³-hybridized carbons (Fsp3) is 1.00. The molecule has 0 saturated heterocycles. The van der Waals surface area contributed by atoms with E-state index in [1.807, 2.05) is 0 Å². The van der Waals surface area contributed by atoms with Crippen LogP contribution in [0.25, 0.3) is 0 Å². The molecule has 3 heteroatoms. The van der Waals surface area contributed by atoms with Crippen molar-refractivity contribution < 1.29 is 4.80 Å². The predicted molar refractivity (Wildman–Crippen MR) is 57.0 cm³/mol. The smallest absolute Gasteiger partial charge is 0.171 e. The Bertz CT molecular complexity index is 98.3. The molecule has 1 N–H and O–H groups in total. The number of rotatable bonds is 5. The highest BCUT2D eigenvalue weighted by molar-refractivity contribution is 7.29. The van der Waals surface area contributed by atoms with Gasteiger partial charge in [0.05, 0.1) is 8.31 Å². The lowest BCUT2D eigenvalue weighted by Gasteiger charge is -2.29. The van der Waals surface area contributed by atoms with Crippen LogP contribution in [0.4, 0.5) is 0 Å². The van der Waals surface area contributed by atoms with Crippen LogP contribution in [0.5, 0.6) is 0 Å². The second-order valence-electron chi connectivity index (χ2n) is 3.32. The van der Waals surface area contributed by atoms with Gasteiger partial charge in [0.1, 0.15) is 0 Å². The van der Waals surface area contributed by atoms with Crippen molar-refractivity contribution in [2.24, 2.45) is 0 Å². The first-order valence-electron chi connectivity index (χ1n) is 4.86. The minimum Gasteiger partial charge on any atom is -0.435 e. The van der Waals surface area contributed by atoms with Crippen molar-refractivity contribution in [1.29, 1.82) is 0 Å². The molecule has 0 heterocycles. The van der Waals surface area contributed by atoms with Gasteiger partial charge in [-0.2, -0.15) is 0 Å². The molecule has 68 valence electrons. The molecule has 0 spiro atoms. The van der Waals surface area contributed by atoms with Gasteiger partial charge < -0.3 is 4.80 Å². The van der Waals surface area contributed by atoms with E-state index in [1.54, 1.807) is 0 Å². The Morgan fingerprint density at radius 3 is 1.45 bits per heavy atom. The summed E-state index contributed by atoms with van der Waals surface area (Å²) in [6.45, 7) is 8.84. The van der Waals surface area contributed by atoms with Crippen molar-refractivity contribution in [2.45, 2.75) is 51.9 Å². The molecule has 0 aliphatic carbocycles. The van der Waals surface area contributed by atoms with Crippen molar-refractivity contribution in [1.82, 2.24) is 0 Å². The van der Waals surface area contributed by atoms with E-state index in [1.165, 1.54) is 12.1 Å². The maximum absolute atomic E-state index is 10.3. The molecule has 0 aliphatic rings. The van der Waals surface area contributed by atoms with E-state index in [0.717, 1.165) is 12.1 Å². The predicted octanol–water partition coefficient (Wildman–Crippen LogP) is 2.31. The molecule has 0 bridgehead atoms. The Kier molecular flexibility index (Phi) is 5.30. The summed E-state index contributed by atoms with van der Waals surface area (Å²) in [5, 5.41) is 0. The first-order valence-corrected chi connectivity index (χ1v) is 10.7. The van der Waals surface area contributed by atoms with Crippen LogP contribution >= 0.6 is 0 Å². The average molecular weight is 190 g/mol. The largest absolute Gasteiger partial charge is 0.435 e. The second-order valence-corrected chi connectivity index (χ2v) is 15.6. The summed E-state index contributed by atoms with van der Waals surface area (Å²) in [5.41, 5.74) is 0. The molecule has 0 radical (unpaired) electrons. The van der Waals surface area contributed by atoms with E-state index in [9.17, 15) is 4.80 Å². The first kappa shape index (κ1) is 11.4. The molecule has 0 aromatic heterocycles. The van der Waals surface area contributed by atoms with Crippen molar-refractivity contribution >= 4 is 16.1 Å². The Hall–Kier alpha value is 0.394. The molecule has 0 saturated carbocycles. The van der Waals surface area contributed by atoms with E-state index < -0.39 is 16.1 Å². The SMILES string of the molecule is CC[SiH](CC)[Si](O)(CC)CC. The van der Waals surface area contributed by atoms with E-state index >= 15 is 0 Å². The summed E-state index contributed by atoms with van der Waals surface area (Å²) in [4.78, 5) is 10.3. The third kappa shape index (κ3) is 2.72. The molecule has 0 aromatic rings. The molecular formula is C8H22OSi2. The lowest BCUT2D eigenvalue weighted by molar-refractivity contribution is 0.555. The summed E-state index contributed by atoms with van der Waals surface area (Å²) in [6, 6.07) is 4.76. The fourth-order valence-electron chi connectivity index (χ4n) is 1.88. The molecule has 0 atom stereocenters. The van der Waals surface area contributed by atoms with Gasteiger partial charge in [-0.1, -0.05) is 39.8 Å². The van der Waals surface area contributed by atoms with Crippen molar-refractivity contribution in [3.63, 3.8) is 0 Å². The topological polar surface area (TPSA) is 20.2 Å². The van der Waals surface area contributed by atoms with Crippen LogP contribution in [0.2, 0.25) is 24.2 Å². The van der Waals surface area contributed by atoms with Crippen LogP contribution in [0.1, 0.15) is 27.7 Å². The maximum Gasteiger partial charge on any atom is 0.171 e. The second kappa shape index (κ2) is 5.11. The van der Waals surface area contributed by atoms with Gasteiger partial charge in [-0.15, -0.1) is 0 Å². The van der Waals surface area contributed by atoms with Gasteiger partial charge in [-0.25, -0.2) is 0 Å². The van der Waals surface area contributed by atoms with Crippen LogP contribution in [-0.4, -0.2) is 20.9 Å². The molecule has 0 fully saturated rings. The molecule has 0 aliphatic heterocycles. The first-order chi connectivity index (χ1) is 5.14.